The maximum atomic E-state index is 4.09. The molecule has 0 spiro atoms. The quantitative estimate of drug-likeness (QED) is 0.614. The summed E-state index contributed by atoms with van der Waals surface area (Å²) < 4.78 is 0. The molecule has 0 aliphatic heterocycles. The summed E-state index contributed by atoms with van der Waals surface area (Å²) in [5, 5.41) is 0. The van der Waals surface area contributed by atoms with Crippen molar-refractivity contribution in [3.8, 4) is 0 Å². The van der Waals surface area contributed by atoms with Gasteiger partial charge >= 0.3 is 0 Å². The van der Waals surface area contributed by atoms with Crippen LogP contribution in [0.2, 0.25) is 0 Å². The first-order chi connectivity index (χ1) is 10.2. The smallest absolute Gasteiger partial charge is 0.0580 e. The van der Waals surface area contributed by atoms with E-state index in [9.17, 15) is 0 Å². The molecule has 21 heavy (non-hydrogen) atoms. The van der Waals surface area contributed by atoms with Crippen LogP contribution in [-0.2, 0) is 0 Å². The summed E-state index contributed by atoms with van der Waals surface area (Å²) in [4.78, 5) is 2.40. The second kappa shape index (κ2) is 7.49. The second-order valence-electron chi connectivity index (χ2n) is 5.37. The van der Waals surface area contributed by atoms with Gasteiger partial charge in [0.1, 0.15) is 0 Å². The topological polar surface area (TPSA) is 3.24 Å². The third-order valence-corrected chi connectivity index (χ3v) is 3.48. The van der Waals surface area contributed by atoms with Crippen LogP contribution in [0.4, 0.5) is 5.69 Å². The van der Waals surface area contributed by atoms with Gasteiger partial charge in [0.15, 0.2) is 0 Å². The highest BCUT2D eigenvalue weighted by Gasteiger charge is 2.19. The van der Waals surface area contributed by atoms with Gasteiger partial charge in [-0.25, -0.2) is 0 Å². The first kappa shape index (κ1) is 15.1. The molecule has 0 aliphatic carbocycles. The summed E-state index contributed by atoms with van der Waals surface area (Å²) in [6, 6.07) is 21.4. The third kappa shape index (κ3) is 4.09. The molecule has 2 aromatic carbocycles. The molecule has 1 unspecified atom stereocenters. The lowest BCUT2D eigenvalue weighted by molar-refractivity contribution is 0.650. The highest BCUT2D eigenvalue weighted by molar-refractivity contribution is 5.50. The van der Waals surface area contributed by atoms with Crippen molar-refractivity contribution in [2.24, 2.45) is 0 Å². The summed E-state index contributed by atoms with van der Waals surface area (Å²) >= 11 is 0. The Labute approximate surface area is 128 Å². The molecule has 1 heteroatoms. The van der Waals surface area contributed by atoms with Crippen LogP contribution < -0.4 is 4.90 Å². The number of rotatable bonds is 7. The molecule has 0 aliphatic rings. The lowest BCUT2D eigenvalue weighted by Crippen LogP contribution is -2.30. The molecular formula is C20H23N. The van der Waals surface area contributed by atoms with E-state index in [0.717, 1.165) is 18.5 Å². The van der Waals surface area contributed by atoms with Gasteiger partial charge in [0, 0.05) is 12.2 Å². The van der Waals surface area contributed by atoms with Gasteiger partial charge in [0.2, 0.25) is 0 Å². The lowest BCUT2D eigenvalue weighted by atomic mass is 10.0. The Morgan fingerprint density at radius 1 is 1.05 bits per heavy atom. The minimum atomic E-state index is 0.280. The summed E-state index contributed by atoms with van der Waals surface area (Å²) in [5.41, 5.74) is 3.68. The fraction of sp³-hybridized carbons (Fsp3) is 0.200. The molecule has 0 heterocycles. The van der Waals surface area contributed by atoms with Gasteiger partial charge in [-0.1, -0.05) is 66.8 Å². The number of hydrogen-bond acceptors (Lipinski definition) is 1. The van der Waals surface area contributed by atoms with Crippen molar-refractivity contribution in [2.45, 2.75) is 19.4 Å². The molecule has 0 aromatic heterocycles. The van der Waals surface area contributed by atoms with E-state index in [1.165, 1.54) is 11.3 Å². The van der Waals surface area contributed by atoms with Gasteiger partial charge < -0.3 is 4.90 Å². The Kier molecular flexibility index (Phi) is 5.39. The van der Waals surface area contributed by atoms with Crippen LogP contribution >= 0.6 is 0 Å². The monoisotopic (exact) mass is 277 g/mol. The van der Waals surface area contributed by atoms with Crippen LogP contribution in [0.3, 0.4) is 0 Å². The van der Waals surface area contributed by atoms with Crippen LogP contribution in [0.1, 0.15) is 24.9 Å². The number of para-hydroxylation sites is 1. The molecule has 1 atom stereocenters. The first-order valence-electron chi connectivity index (χ1n) is 7.34. The Balaban J connectivity index is 2.40. The standard InChI is InChI=1S/C20H23N/c1-4-11-20(18-12-7-5-8-13-18)21(16-17(2)3)19-14-9-6-10-15-19/h4-10,12-15,20H,1-2,11,16H2,3H3. The molecule has 2 aromatic rings. The average Bonchev–Trinajstić information content (AvgIpc) is 2.52. The number of benzene rings is 2. The zero-order valence-corrected chi connectivity index (χ0v) is 12.7. The number of hydrogen-bond donors (Lipinski definition) is 0. The fourth-order valence-corrected chi connectivity index (χ4v) is 2.57. The second-order valence-corrected chi connectivity index (χ2v) is 5.37. The zero-order valence-electron chi connectivity index (χ0n) is 12.7. The molecule has 1 nitrogen and oxygen atoms in total. The largest absolute Gasteiger partial charge is 0.360 e. The third-order valence-electron chi connectivity index (χ3n) is 3.48. The van der Waals surface area contributed by atoms with Crippen LogP contribution in [0.15, 0.2) is 85.5 Å². The normalized spacial score (nSPS) is 11.7. The molecule has 0 fully saturated rings. The van der Waals surface area contributed by atoms with Gasteiger partial charge in [-0.3, -0.25) is 0 Å². The molecule has 0 amide bonds. The molecule has 0 N–H and O–H groups in total. The van der Waals surface area contributed by atoms with E-state index >= 15 is 0 Å². The average molecular weight is 277 g/mol. The molecule has 0 saturated carbocycles. The van der Waals surface area contributed by atoms with Crippen molar-refractivity contribution in [3.05, 3.63) is 91.0 Å². The number of nitrogens with zero attached hydrogens (tertiary/aromatic N) is 1. The van der Waals surface area contributed by atoms with Crippen LogP contribution in [-0.4, -0.2) is 6.54 Å². The van der Waals surface area contributed by atoms with E-state index in [4.69, 9.17) is 0 Å². The van der Waals surface area contributed by atoms with E-state index in [1.807, 2.05) is 12.1 Å². The summed E-state index contributed by atoms with van der Waals surface area (Å²) in [7, 11) is 0. The van der Waals surface area contributed by atoms with E-state index in [-0.39, 0.29) is 6.04 Å². The zero-order chi connectivity index (χ0) is 15.1. The van der Waals surface area contributed by atoms with Gasteiger partial charge in [-0.15, -0.1) is 6.58 Å². The minimum absolute atomic E-state index is 0.280. The van der Waals surface area contributed by atoms with Crippen LogP contribution in [0.5, 0.6) is 0 Å². The van der Waals surface area contributed by atoms with Crippen LogP contribution in [0.25, 0.3) is 0 Å². The molecule has 0 radical (unpaired) electrons. The Morgan fingerprint density at radius 3 is 2.14 bits per heavy atom. The van der Waals surface area contributed by atoms with Crippen molar-refractivity contribution in [1.29, 1.82) is 0 Å². The van der Waals surface area contributed by atoms with Crippen molar-refractivity contribution < 1.29 is 0 Å². The van der Waals surface area contributed by atoms with E-state index in [1.54, 1.807) is 0 Å². The van der Waals surface area contributed by atoms with Gasteiger partial charge in [0.05, 0.1) is 6.04 Å². The van der Waals surface area contributed by atoms with Crippen molar-refractivity contribution in [3.63, 3.8) is 0 Å². The fourth-order valence-electron chi connectivity index (χ4n) is 2.57. The van der Waals surface area contributed by atoms with E-state index < -0.39 is 0 Å². The Morgan fingerprint density at radius 2 is 1.62 bits per heavy atom. The summed E-state index contributed by atoms with van der Waals surface area (Å²) in [6.45, 7) is 10.9. The van der Waals surface area contributed by atoms with Crippen molar-refractivity contribution in [1.82, 2.24) is 0 Å². The molecular weight excluding hydrogens is 254 g/mol. The van der Waals surface area contributed by atoms with Gasteiger partial charge in [-0.05, 0) is 31.0 Å². The predicted octanol–water partition coefficient (Wildman–Crippen LogP) is 5.39. The summed E-state index contributed by atoms with van der Waals surface area (Å²) in [6.07, 6.45) is 2.90. The van der Waals surface area contributed by atoms with E-state index in [0.29, 0.717) is 0 Å². The van der Waals surface area contributed by atoms with E-state index in [2.05, 4.69) is 79.6 Å². The molecule has 0 saturated heterocycles. The molecule has 2 rings (SSSR count). The molecule has 0 bridgehead atoms. The maximum Gasteiger partial charge on any atom is 0.0580 e. The first-order valence-corrected chi connectivity index (χ1v) is 7.34. The number of anilines is 1. The summed E-state index contributed by atoms with van der Waals surface area (Å²) in [5.74, 6) is 0. The minimum Gasteiger partial charge on any atom is -0.360 e. The van der Waals surface area contributed by atoms with Crippen molar-refractivity contribution >= 4 is 5.69 Å². The van der Waals surface area contributed by atoms with Gasteiger partial charge in [-0.2, -0.15) is 0 Å². The Hall–Kier alpha value is -2.28. The Bertz CT molecular complexity index is 571. The lowest BCUT2D eigenvalue weighted by Gasteiger charge is -2.34. The highest BCUT2D eigenvalue weighted by atomic mass is 15.2. The molecule has 108 valence electrons. The maximum absolute atomic E-state index is 4.09. The highest BCUT2D eigenvalue weighted by Crippen LogP contribution is 2.30. The SMILES string of the molecule is C=CCC(c1ccccc1)N(CC(=C)C)c1ccccc1. The van der Waals surface area contributed by atoms with Gasteiger partial charge in [0.25, 0.3) is 0 Å². The van der Waals surface area contributed by atoms with Crippen LogP contribution in [0, 0.1) is 0 Å². The van der Waals surface area contributed by atoms with Crippen molar-refractivity contribution in [2.75, 3.05) is 11.4 Å². The predicted molar refractivity (Wildman–Crippen MR) is 92.6 cm³/mol.